The fourth-order valence-electron chi connectivity index (χ4n) is 2.32. The Morgan fingerprint density at radius 1 is 1.42 bits per heavy atom. The van der Waals surface area contributed by atoms with Crippen molar-refractivity contribution >= 4 is 6.09 Å². The molecule has 0 saturated heterocycles. The minimum atomic E-state index is -0.451. The number of carbonyl (C=O) groups is 1. The van der Waals surface area contributed by atoms with E-state index >= 15 is 0 Å². The first kappa shape index (κ1) is 16.2. The van der Waals surface area contributed by atoms with E-state index in [1.807, 2.05) is 27.7 Å². The summed E-state index contributed by atoms with van der Waals surface area (Å²) in [5, 5.41) is 6.30. The van der Waals surface area contributed by atoms with Crippen LogP contribution < -0.4 is 16.4 Å². The van der Waals surface area contributed by atoms with Gasteiger partial charge in [0.15, 0.2) is 0 Å². The van der Waals surface area contributed by atoms with Crippen molar-refractivity contribution in [3.63, 3.8) is 0 Å². The zero-order valence-electron chi connectivity index (χ0n) is 12.7. The molecular formula is C14H29N3O2. The molecule has 1 fully saturated rings. The molecule has 0 aliphatic heterocycles. The third kappa shape index (κ3) is 7.38. The number of hydrogen-bond acceptors (Lipinski definition) is 4. The van der Waals surface area contributed by atoms with Crippen molar-refractivity contribution < 1.29 is 9.53 Å². The number of nitrogens with two attached hydrogens (primary N) is 1. The van der Waals surface area contributed by atoms with Crippen LogP contribution in [0, 0.1) is 0 Å². The Bertz CT molecular complexity index is 289. The minimum absolute atomic E-state index is 0.0491. The quantitative estimate of drug-likeness (QED) is 0.728. The van der Waals surface area contributed by atoms with Crippen molar-refractivity contribution in [2.45, 2.75) is 77.1 Å². The van der Waals surface area contributed by atoms with Gasteiger partial charge in [0, 0.05) is 24.7 Å². The van der Waals surface area contributed by atoms with Gasteiger partial charge >= 0.3 is 6.09 Å². The summed E-state index contributed by atoms with van der Waals surface area (Å²) in [5.74, 6) is 0. The summed E-state index contributed by atoms with van der Waals surface area (Å²) in [4.78, 5) is 11.6. The molecule has 1 amide bonds. The minimum Gasteiger partial charge on any atom is -0.444 e. The van der Waals surface area contributed by atoms with Crippen LogP contribution in [-0.4, -0.2) is 36.4 Å². The molecular weight excluding hydrogens is 242 g/mol. The maximum Gasteiger partial charge on any atom is 0.407 e. The van der Waals surface area contributed by atoms with Crippen molar-refractivity contribution in [1.82, 2.24) is 10.6 Å². The van der Waals surface area contributed by atoms with Gasteiger partial charge in [0.1, 0.15) is 5.60 Å². The van der Waals surface area contributed by atoms with Gasteiger partial charge in [0.2, 0.25) is 0 Å². The molecule has 0 aromatic carbocycles. The van der Waals surface area contributed by atoms with Gasteiger partial charge in [-0.15, -0.1) is 0 Å². The maximum absolute atomic E-state index is 11.6. The maximum atomic E-state index is 11.6. The van der Waals surface area contributed by atoms with Crippen LogP contribution in [0.1, 0.15) is 53.4 Å². The summed E-state index contributed by atoms with van der Waals surface area (Å²) in [7, 11) is 0. The smallest absolute Gasteiger partial charge is 0.407 e. The summed E-state index contributed by atoms with van der Waals surface area (Å²) in [6.07, 6.45) is 4.16. The molecule has 4 N–H and O–H groups in total. The lowest BCUT2D eigenvalue weighted by Crippen LogP contribution is -2.47. The van der Waals surface area contributed by atoms with Gasteiger partial charge in [0.25, 0.3) is 0 Å². The van der Waals surface area contributed by atoms with Crippen LogP contribution in [0.15, 0.2) is 0 Å². The van der Waals surface area contributed by atoms with Crippen LogP contribution in [-0.2, 0) is 4.74 Å². The third-order valence-electron chi connectivity index (χ3n) is 3.19. The highest BCUT2D eigenvalue weighted by Gasteiger charge is 2.20. The molecule has 1 aliphatic carbocycles. The van der Waals surface area contributed by atoms with Crippen LogP contribution in [0.2, 0.25) is 0 Å². The SMILES string of the molecule is CC(CNC1CCCC(N)C1)NC(=O)OC(C)(C)C. The number of amides is 1. The average molecular weight is 271 g/mol. The zero-order valence-corrected chi connectivity index (χ0v) is 12.7. The molecule has 5 nitrogen and oxygen atoms in total. The number of nitrogens with one attached hydrogen (secondary N) is 2. The van der Waals surface area contributed by atoms with Crippen LogP contribution in [0.3, 0.4) is 0 Å². The van der Waals surface area contributed by atoms with E-state index < -0.39 is 5.60 Å². The van der Waals surface area contributed by atoms with Gasteiger partial charge < -0.3 is 21.1 Å². The summed E-state index contributed by atoms with van der Waals surface area (Å²) < 4.78 is 5.22. The molecule has 112 valence electrons. The van der Waals surface area contributed by atoms with E-state index in [4.69, 9.17) is 10.5 Å². The van der Waals surface area contributed by atoms with Gasteiger partial charge in [-0.1, -0.05) is 6.42 Å². The van der Waals surface area contributed by atoms with Crippen LogP contribution in [0.25, 0.3) is 0 Å². The van der Waals surface area contributed by atoms with Gasteiger partial charge in [-0.3, -0.25) is 0 Å². The second kappa shape index (κ2) is 7.10. The van der Waals surface area contributed by atoms with Gasteiger partial charge in [-0.2, -0.15) is 0 Å². The predicted molar refractivity (Wildman–Crippen MR) is 77.1 cm³/mol. The fourth-order valence-corrected chi connectivity index (χ4v) is 2.32. The highest BCUT2D eigenvalue weighted by molar-refractivity contribution is 5.68. The normalized spacial score (nSPS) is 25.7. The molecule has 0 radical (unpaired) electrons. The molecule has 0 bridgehead atoms. The highest BCUT2D eigenvalue weighted by atomic mass is 16.6. The van der Waals surface area contributed by atoms with Crippen molar-refractivity contribution in [1.29, 1.82) is 0 Å². The number of rotatable bonds is 4. The van der Waals surface area contributed by atoms with Crippen LogP contribution in [0.5, 0.6) is 0 Å². The number of ether oxygens (including phenoxy) is 1. The van der Waals surface area contributed by atoms with E-state index in [1.54, 1.807) is 0 Å². The van der Waals surface area contributed by atoms with E-state index in [0.29, 0.717) is 12.1 Å². The lowest BCUT2D eigenvalue weighted by molar-refractivity contribution is 0.0507. The summed E-state index contributed by atoms with van der Waals surface area (Å²) in [5.41, 5.74) is 5.50. The van der Waals surface area contributed by atoms with E-state index in [2.05, 4.69) is 10.6 Å². The molecule has 0 spiro atoms. The Morgan fingerprint density at radius 3 is 2.68 bits per heavy atom. The highest BCUT2D eigenvalue weighted by Crippen LogP contribution is 2.16. The van der Waals surface area contributed by atoms with Crippen LogP contribution in [0.4, 0.5) is 4.79 Å². The Morgan fingerprint density at radius 2 is 2.11 bits per heavy atom. The van der Waals surface area contributed by atoms with E-state index in [0.717, 1.165) is 19.4 Å². The standard InChI is InChI=1S/C14H29N3O2/c1-10(17-13(18)19-14(2,3)4)9-16-12-7-5-6-11(15)8-12/h10-12,16H,5-9,15H2,1-4H3,(H,17,18). The summed E-state index contributed by atoms with van der Waals surface area (Å²) >= 11 is 0. The van der Waals surface area contributed by atoms with Crippen LogP contribution >= 0.6 is 0 Å². The molecule has 1 aliphatic rings. The molecule has 0 aromatic heterocycles. The zero-order chi connectivity index (χ0) is 14.5. The Labute approximate surface area is 116 Å². The molecule has 0 aromatic rings. The molecule has 1 saturated carbocycles. The predicted octanol–water partition coefficient (Wildman–Crippen LogP) is 1.76. The lowest BCUT2D eigenvalue weighted by atomic mass is 9.91. The molecule has 3 atom stereocenters. The lowest BCUT2D eigenvalue weighted by Gasteiger charge is -2.29. The van der Waals surface area contributed by atoms with Gasteiger partial charge in [-0.25, -0.2) is 4.79 Å². The topological polar surface area (TPSA) is 76.4 Å². The van der Waals surface area contributed by atoms with Gasteiger partial charge in [-0.05, 0) is 47.0 Å². The Balaban J connectivity index is 2.20. The molecule has 3 unspecified atom stereocenters. The second-order valence-corrected chi connectivity index (χ2v) is 6.58. The van der Waals surface area contributed by atoms with Crippen molar-refractivity contribution in [2.24, 2.45) is 5.73 Å². The summed E-state index contributed by atoms with van der Waals surface area (Å²) in [6, 6.07) is 0.847. The Kier molecular flexibility index (Phi) is 6.07. The number of hydrogen-bond donors (Lipinski definition) is 3. The van der Waals surface area contributed by atoms with Crippen molar-refractivity contribution in [3.8, 4) is 0 Å². The second-order valence-electron chi connectivity index (χ2n) is 6.58. The van der Waals surface area contributed by atoms with Crippen molar-refractivity contribution in [2.75, 3.05) is 6.54 Å². The van der Waals surface area contributed by atoms with E-state index in [-0.39, 0.29) is 12.1 Å². The Hall–Kier alpha value is -0.810. The average Bonchev–Trinajstić information content (AvgIpc) is 2.23. The molecule has 19 heavy (non-hydrogen) atoms. The number of alkyl carbamates (subject to hydrolysis) is 1. The first-order valence-electron chi connectivity index (χ1n) is 7.25. The molecule has 1 rings (SSSR count). The monoisotopic (exact) mass is 271 g/mol. The molecule has 5 heteroatoms. The van der Waals surface area contributed by atoms with E-state index in [1.165, 1.54) is 12.8 Å². The first-order chi connectivity index (χ1) is 8.76. The fraction of sp³-hybridized carbons (Fsp3) is 0.929. The van der Waals surface area contributed by atoms with E-state index in [9.17, 15) is 4.79 Å². The van der Waals surface area contributed by atoms with Gasteiger partial charge in [0.05, 0.1) is 0 Å². The first-order valence-corrected chi connectivity index (χ1v) is 7.25. The van der Waals surface area contributed by atoms with Crippen molar-refractivity contribution in [3.05, 3.63) is 0 Å². The largest absolute Gasteiger partial charge is 0.444 e. The molecule has 0 heterocycles. The summed E-state index contributed by atoms with van der Waals surface area (Å²) in [6.45, 7) is 8.30. The third-order valence-corrected chi connectivity index (χ3v) is 3.19. The number of carbonyl (C=O) groups excluding carboxylic acids is 1.